The van der Waals surface area contributed by atoms with E-state index >= 15 is 0 Å². The van der Waals surface area contributed by atoms with E-state index in [1.54, 1.807) is 0 Å². The Morgan fingerprint density at radius 1 is 0.270 bits per heavy atom. The molecule has 0 bridgehead atoms. The van der Waals surface area contributed by atoms with Gasteiger partial charge in [0.05, 0.1) is 52.9 Å². The Morgan fingerprint density at radius 3 is 0.824 bits per heavy atom. The molecule has 6 saturated heterocycles. The quantitative estimate of drug-likeness (QED) is 0.0507. The minimum Gasteiger partial charge on any atom is -0.394 e. The molecule has 34 nitrogen and oxygen atoms in total. The van der Waals surface area contributed by atoms with Crippen molar-refractivity contribution >= 4 is 0 Å². The SMILES string of the molecule is OC[C@H]1O[C@@H](O[C@H]2[C@H](O)[C@@H](O)[C@H](OC[C@@H](O[C@@H]3O[C@H](CO)[C@@H](O[C@@H]4O[C@H](CO)[C@H](O)[C@H](O)[C@H]4O)[C@H](O)[C@H]3O)[C@@H](CO)O[C@@H]3O[C@H](CO)[C@@H](O[C@@H]4O[C@H](CO)[C@H](O)[C@H](O)[C@H]4O)[C@H](O)[C@H]3O)O[C@@H]2CO)[C@H](O)[C@@H](O)[C@H]1O. The predicted octanol–water partition coefficient (Wildman–Crippen LogP) is -15.4. The summed E-state index contributed by atoms with van der Waals surface area (Å²) in [6, 6.07) is 0. The molecule has 0 aromatic rings. The molecule has 0 unspecified atom stereocenters. The summed E-state index contributed by atoms with van der Waals surface area (Å²) in [4.78, 5) is 0. The average molecular weight is 1090 g/mol. The standard InChI is InChI=1S/C40H70O34/c41-1-9(64-36-30(61)24(55)33(14(6-46)69-36)73-39-27(58)21(52)18(49)11(3-43)66-39)16(71-37-31(62)25(56)34(15(7-47)70-37)74-40-28(59)22(53)19(50)12(4-44)67-40)8-63-35-29(60)23(54)32(13(5-45)68-35)72-38-26(57)20(51)17(48)10(2-42)65-38/h9-62H,1-8H2/t9-,10-,11-,12-,13-,14-,15-,16-,17+,18+,19+,20+,21+,22+,23-,24-,25-,26-,27-,28-,29-,30-,31-,32-,33-,34-,35-,36-,37+,38+,39+,40+/m1/s1. The van der Waals surface area contributed by atoms with Crippen LogP contribution in [-0.4, -0.2) is 362 Å². The zero-order valence-electron chi connectivity index (χ0n) is 38.9. The lowest BCUT2D eigenvalue weighted by molar-refractivity contribution is -0.381. The van der Waals surface area contributed by atoms with Crippen LogP contribution in [0.1, 0.15) is 0 Å². The van der Waals surface area contributed by atoms with Gasteiger partial charge in [-0.1, -0.05) is 0 Å². The van der Waals surface area contributed by atoms with Gasteiger partial charge < -0.3 is 169 Å². The minimum atomic E-state index is -2.26. The summed E-state index contributed by atoms with van der Waals surface area (Å²) in [6.45, 7) is -7.98. The molecule has 0 spiro atoms. The molecule has 74 heavy (non-hydrogen) atoms. The number of hydrogen-bond donors (Lipinski definition) is 22. The molecule has 0 radical (unpaired) electrons. The van der Waals surface area contributed by atoms with Crippen LogP contribution in [0, 0.1) is 0 Å². The Balaban J connectivity index is 1.22. The van der Waals surface area contributed by atoms with Gasteiger partial charge in [0.15, 0.2) is 37.7 Å². The van der Waals surface area contributed by atoms with Gasteiger partial charge in [0.1, 0.15) is 159 Å². The molecule has 34 heteroatoms. The van der Waals surface area contributed by atoms with Crippen LogP contribution >= 0.6 is 0 Å². The van der Waals surface area contributed by atoms with Gasteiger partial charge in [-0.15, -0.1) is 0 Å². The smallest absolute Gasteiger partial charge is 0.187 e. The summed E-state index contributed by atoms with van der Waals surface area (Å²) in [5.41, 5.74) is 0. The van der Waals surface area contributed by atoms with Gasteiger partial charge in [-0.25, -0.2) is 0 Å². The Bertz CT molecular complexity index is 1650. The van der Waals surface area contributed by atoms with E-state index in [1.807, 2.05) is 0 Å². The number of ether oxygens (including phenoxy) is 12. The van der Waals surface area contributed by atoms with Crippen molar-refractivity contribution in [2.75, 3.05) is 52.9 Å². The van der Waals surface area contributed by atoms with Gasteiger partial charge in [-0.3, -0.25) is 0 Å². The Morgan fingerprint density at radius 2 is 0.527 bits per heavy atom. The fraction of sp³-hybridized carbons (Fsp3) is 1.00. The minimum absolute atomic E-state index is 0.869. The second kappa shape index (κ2) is 27.2. The third-order valence-electron chi connectivity index (χ3n) is 13.5. The van der Waals surface area contributed by atoms with Gasteiger partial charge in [0, 0.05) is 0 Å². The molecule has 0 amide bonds. The van der Waals surface area contributed by atoms with Crippen LogP contribution in [0.2, 0.25) is 0 Å². The second-order valence-corrected chi connectivity index (χ2v) is 18.4. The van der Waals surface area contributed by atoms with Crippen molar-refractivity contribution in [1.29, 1.82) is 0 Å². The summed E-state index contributed by atoms with van der Waals surface area (Å²) in [5.74, 6) is 0. The zero-order valence-corrected chi connectivity index (χ0v) is 38.9. The molecule has 6 aliphatic heterocycles. The molecule has 22 N–H and O–H groups in total. The monoisotopic (exact) mass is 1090 g/mol. The van der Waals surface area contributed by atoms with E-state index in [1.165, 1.54) is 0 Å². The first-order valence-corrected chi connectivity index (χ1v) is 23.4. The topological polar surface area (TPSA) is 556 Å². The highest BCUT2D eigenvalue weighted by molar-refractivity contribution is 4.98. The fourth-order valence-corrected chi connectivity index (χ4v) is 9.05. The highest BCUT2D eigenvalue weighted by Crippen LogP contribution is 2.35. The van der Waals surface area contributed by atoms with Crippen molar-refractivity contribution in [2.24, 2.45) is 0 Å². The number of aliphatic hydroxyl groups excluding tert-OH is 22. The maximum atomic E-state index is 11.4. The van der Waals surface area contributed by atoms with Crippen LogP contribution in [-0.2, 0) is 56.8 Å². The maximum Gasteiger partial charge on any atom is 0.187 e. The van der Waals surface area contributed by atoms with E-state index in [0.717, 1.165) is 0 Å². The molecular formula is C40H70O34. The molecule has 0 aromatic heterocycles. The summed E-state index contributed by atoms with van der Waals surface area (Å²) < 4.78 is 67.1. The van der Waals surface area contributed by atoms with E-state index in [2.05, 4.69) is 0 Å². The van der Waals surface area contributed by atoms with E-state index in [0.29, 0.717) is 0 Å². The summed E-state index contributed by atoms with van der Waals surface area (Å²) in [5, 5.41) is 231. The van der Waals surface area contributed by atoms with E-state index < -0.39 is 249 Å². The normalized spacial score (nSPS) is 50.4. The lowest BCUT2D eigenvalue weighted by atomic mass is 9.96. The largest absolute Gasteiger partial charge is 0.394 e. The first-order chi connectivity index (χ1) is 35.1. The van der Waals surface area contributed by atoms with Gasteiger partial charge in [0.25, 0.3) is 0 Å². The van der Waals surface area contributed by atoms with Crippen molar-refractivity contribution in [3.05, 3.63) is 0 Å². The molecule has 6 aliphatic rings. The van der Waals surface area contributed by atoms with Crippen molar-refractivity contribution in [1.82, 2.24) is 0 Å². The summed E-state index contributed by atoms with van der Waals surface area (Å²) in [7, 11) is 0. The molecule has 32 atom stereocenters. The van der Waals surface area contributed by atoms with Crippen LogP contribution in [0.15, 0.2) is 0 Å². The predicted molar refractivity (Wildman–Crippen MR) is 222 cm³/mol. The average Bonchev–Trinajstić information content (AvgIpc) is 3.39. The molecule has 0 saturated carbocycles. The number of aliphatic hydroxyl groups is 22. The Kier molecular flexibility index (Phi) is 22.7. The fourth-order valence-electron chi connectivity index (χ4n) is 9.05. The lowest BCUT2D eigenvalue weighted by Gasteiger charge is -2.48. The van der Waals surface area contributed by atoms with Crippen LogP contribution in [0.5, 0.6) is 0 Å². The van der Waals surface area contributed by atoms with Crippen LogP contribution in [0.3, 0.4) is 0 Å². The lowest BCUT2D eigenvalue weighted by Crippen LogP contribution is -2.66. The Labute approximate surface area is 418 Å². The molecular weight excluding hydrogens is 1020 g/mol. The van der Waals surface area contributed by atoms with Crippen LogP contribution in [0.25, 0.3) is 0 Å². The van der Waals surface area contributed by atoms with E-state index in [9.17, 15) is 112 Å². The summed E-state index contributed by atoms with van der Waals surface area (Å²) in [6.07, 6.45) is -61.4. The summed E-state index contributed by atoms with van der Waals surface area (Å²) >= 11 is 0. The van der Waals surface area contributed by atoms with Crippen molar-refractivity contribution in [3.8, 4) is 0 Å². The van der Waals surface area contributed by atoms with Gasteiger partial charge >= 0.3 is 0 Å². The van der Waals surface area contributed by atoms with E-state index in [4.69, 9.17) is 56.8 Å². The third-order valence-corrected chi connectivity index (χ3v) is 13.5. The van der Waals surface area contributed by atoms with Crippen LogP contribution < -0.4 is 0 Å². The zero-order chi connectivity index (χ0) is 54.6. The highest BCUT2D eigenvalue weighted by Gasteiger charge is 2.56. The van der Waals surface area contributed by atoms with Crippen molar-refractivity contribution in [2.45, 2.75) is 196 Å². The molecule has 434 valence electrons. The molecule has 6 heterocycles. The highest BCUT2D eigenvalue weighted by atomic mass is 16.8. The van der Waals surface area contributed by atoms with Gasteiger partial charge in [0.2, 0.25) is 0 Å². The third kappa shape index (κ3) is 13.1. The van der Waals surface area contributed by atoms with E-state index in [-0.39, 0.29) is 0 Å². The first-order valence-electron chi connectivity index (χ1n) is 23.4. The Hall–Kier alpha value is -1.36. The molecule has 0 aromatic carbocycles. The van der Waals surface area contributed by atoms with Crippen LogP contribution in [0.4, 0.5) is 0 Å². The molecule has 6 rings (SSSR count). The number of rotatable bonds is 21. The van der Waals surface area contributed by atoms with Gasteiger partial charge in [-0.2, -0.15) is 0 Å². The first kappa shape index (κ1) is 61.8. The van der Waals surface area contributed by atoms with Gasteiger partial charge in [-0.05, 0) is 0 Å². The van der Waals surface area contributed by atoms with Crippen molar-refractivity contribution < 1.29 is 169 Å². The van der Waals surface area contributed by atoms with Crippen molar-refractivity contribution in [3.63, 3.8) is 0 Å². The molecule has 0 aliphatic carbocycles. The molecule has 6 fully saturated rings. The second-order valence-electron chi connectivity index (χ2n) is 18.4. The number of hydrogen-bond acceptors (Lipinski definition) is 34. The maximum absolute atomic E-state index is 11.4.